The molecule has 0 bridgehead atoms. The summed E-state index contributed by atoms with van der Waals surface area (Å²) in [7, 11) is 1.69. The van der Waals surface area contributed by atoms with Crippen LogP contribution in [0.5, 0.6) is 0 Å². The minimum absolute atomic E-state index is 0.113. The van der Waals surface area contributed by atoms with Crippen LogP contribution in [-0.4, -0.2) is 52.0 Å². The van der Waals surface area contributed by atoms with Crippen molar-refractivity contribution in [1.82, 2.24) is 20.0 Å². The van der Waals surface area contributed by atoms with Crippen LogP contribution in [0.3, 0.4) is 0 Å². The van der Waals surface area contributed by atoms with E-state index in [4.69, 9.17) is 5.26 Å². The van der Waals surface area contributed by atoms with Gasteiger partial charge in [-0.25, -0.2) is 0 Å². The fraction of sp³-hybridized carbons (Fsp3) is 0.357. The smallest absolute Gasteiger partial charge is 0.272 e. The molecule has 190 valence electrons. The number of carbonyl (C=O) groups is 2. The lowest BCUT2D eigenvalue weighted by Crippen LogP contribution is -2.38. The second kappa shape index (κ2) is 11.5. The highest BCUT2D eigenvalue weighted by molar-refractivity contribution is 6.07. The number of amidine groups is 1. The number of aryl methyl sites for hydroxylation is 1. The standard InChI is InChI=1S/C28H31N7O2/c1-19(2)17-30-25-6-4-5-23(18-31-25)27(36)32-26-15-24(34(3)33-26)28(37)35-13-11-22(12-14-35)21-9-7-20(16-29)8-10-21/h5-10,15,18-19,22H,11-14,17H2,1-3H3,(H,30,31)(H,32,33,36). The third-order valence-corrected chi connectivity index (χ3v) is 6.36. The van der Waals surface area contributed by atoms with E-state index in [0.29, 0.717) is 60.0 Å². The van der Waals surface area contributed by atoms with Crippen molar-refractivity contribution in [3.05, 3.63) is 76.8 Å². The Morgan fingerprint density at radius 2 is 1.97 bits per heavy atom. The number of likely N-dealkylation sites (tertiary alicyclic amines) is 1. The maximum Gasteiger partial charge on any atom is 0.272 e. The van der Waals surface area contributed by atoms with Gasteiger partial charge in [0.2, 0.25) is 0 Å². The van der Waals surface area contributed by atoms with E-state index >= 15 is 0 Å². The Morgan fingerprint density at radius 1 is 1.24 bits per heavy atom. The predicted octanol–water partition coefficient (Wildman–Crippen LogP) is 3.50. The van der Waals surface area contributed by atoms with Crippen LogP contribution in [0.4, 0.5) is 5.82 Å². The third kappa shape index (κ3) is 6.43. The summed E-state index contributed by atoms with van der Waals surface area (Å²) in [5.74, 6) is 1.26. The summed E-state index contributed by atoms with van der Waals surface area (Å²) in [6, 6.07) is 11.4. The van der Waals surface area contributed by atoms with Crippen LogP contribution < -0.4 is 10.6 Å². The van der Waals surface area contributed by atoms with E-state index < -0.39 is 0 Å². The lowest BCUT2D eigenvalue weighted by molar-refractivity contribution is -0.112. The minimum atomic E-state index is -0.362. The Bertz CT molecular complexity index is 1330. The van der Waals surface area contributed by atoms with Gasteiger partial charge in [0, 0.05) is 45.0 Å². The summed E-state index contributed by atoms with van der Waals surface area (Å²) in [5, 5.41) is 19.1. The Hall–Kier alpha value is -4.41. The number of nitrogens with one attached hydrogen (secondary N) is 2. The van der Waals surface area contributed by atoms with E-state index in [1.54, 1.807) is 31.5 Å². The summed E-state index contributed by atoms with van der Waals surface area (Å²) in [5.41, 5.74) is 5.59. The summed E-state index contributed by atoms with van der Waals surface area (Å²) in [6.45, 7) is 6.11. The molecule has 0 spiro atoms. The van der Waals surface area contributed by atoms with Crippen molar-refractivity contribution in [1.29, 1.82) is 5.26 Å². The van der Waals surface area contributed by atoms with Gasteiger partial charge in [0.05, 0.1) is 17.2 Å². The van der Waals surface area contributed by atoms with Gasteiger partial charge in [-0.2, -0.15) is 10.4 Å². The molecule has 3 heterocycles. The zero-order valence-corrected chi connectivity index (χ0v) is 21.4. The maximum absolute atomic E-state index is 13.2. The number of nitrogens with zero attached hydrogens (tertiary/aromatic N) is 5. The molecule has 2 aliphatic rings. The molecule has 0 unspecified atom stereocenters. The van der Waals surface area contributed by atoms with Gasteiger partial charge in [-0.3, -0.25) is 19.3 Å². The lowest BCUT2D eigenvalue weighted by Gasteiger charge is -2.32. The summed E-state index contributed by atoms with van der Waals surface area (Å²) in [4.78, 5) is 32.3. The lowest BCUT2D eigenvalue weighted by atomic mass is 9.89. The first-order valence-electron chi connectivity index (χ1n) is 12.4. The zero-order valence-electron chi connectivity index (χ0n) is 21.4. The fourth-order valence-corrected chi connectivity index (χ4v) is 4.27. The fourth-order valence-electron chi connectivity index (χ4n) is 4.27. The van der Waals surface area contributed by atoms with Crippen LogP contribution in [0, 0.1) is 17.2 Å². The molecule has 9 nitrogen and oxygen atoms in total. The summed E-state index contributed by atoms with van der Waals surface area (Å²) < 4.78 is 1.50. The Labute approximate surface area is 216 Å². The van der Waals surface area contributed by atoms with Crippen LogP contribution in [0.25, 0.3) is 0 Å². The predicted molar refractivity (Wildman–Crippen MR) is 142 cm³/mol. The number of carbonyl (C=O) groups excluding carboxylic acids is 2. The van der Waals surface area contributed by atoms with Gasteiger partial charge >= 0.3 is 0 Å². The number of rotatable bonds is 6. The molecule has 9 heteroatoms. The highest BCUT2D eigenvalue weighted by Crippen LogP contribution is 2.29. The average molecular weight is 498 g/mol. The number of piperidine rings is 1. The first-order chi connectivity index (χ1) is 17.8. The molecule has 0 saturated carbocycles. The van der Waals surface area contributed by atoms with Gasteiger partial charge < -0.3 is 15.5 Å². The maximum atomic E-state index is 13.2. The van der Waals surface area contributed by atoms with E-state index in [-0.39, 0.29) is 11.8 Å². The number of hydrogen-bond donors (Lipinski definition) is 2. The van der Waals surface area contributed by atoms with Gasteiger partial charge in [0.1, 0.15) is 11.5 Å². The van der Waals surface area contributed by atoms with Gasteiger partial charge in [0.25, 0.3) is 11.8 Å². The first kappa shape index (κ1) is 25.7. The van der Waals surface area contributed by atoms with Crippen LogP contribution in [-0.2, 0) is 11.8 Å². The van der Waals surface area contributed by atoms with E-state index in [1.807, 2.05) is 29.2 Å². The molecule has 2 aliphatic heterocycles. The number of benzene rings is 1. The van der Waals surface area contributed by atoms with Crippen molar-refractivity contribution in [3.8, 4) is 6.07 Å². The molecule has 1 fully saturated rings. The highest BCUT2D eigenvalue weighted by atomic mass is 16.2. The van der Waals surface area contributed by atoms with E-state index in [0.717, 1.165) is 12.8 Å². The van der Waals surface area contributed by atoms with Crippen LogP contribution in [0.1, 0.15) is 54.2 Å². The van der Waals surface area contributed by atoms with Crippen molar-refractivity contribution in [3.63, 3.8) is 0 Å². The molecule has 2 aromatic rings. The summed E-state index contributed by atoms with van der Waals surface area (Å²) in [6.07, 6.45) is 6.55. The van der Waals surface area contributed by atoms with Gasteiger partial charge in [-0.15, -0.1) is 5.73 Å². The quantitative estimate of drug-likeness (QED) is 0.593. The number of amides is 2. The Balaban J connectivity index is 1.35. The topological polar surface area (TPSA) is 115 Å². The molecule has 1 aromatic carbocycles. The van der Waals surface area contributed by atoms with Crippen LogP contribution in [0.2, 0.25) is 0 Å². The number of anilines is 1. The zero-order chi connectivity index (χ0) is 26.4. The number of nitriles is 1. The molecule has 37 heavy (non-hydrogen) atoms. The molecule has 2 amide bonds. The number of aliphatic imine (C=N–C) groups is 1. The molecule has 1 saturated heterocycles. The van der Waals surface area contributed by atoms with Gasteiger partial charge in [-0.1, -0.05) is 26.0 Å². The second-order valence-corrected chi connectivity index (χ2v) is 9.61. The highest BCUT2D eigenvalue weighted by Gasteiger charge is 2.27. The first-order valence-corrected chi connectivity index (χ1v) is 12.4. The molecular formula is C28H31N7O2. The molecule has 1 aromatic heterocycles. The van der Waals surface area contributed by atoms with E-state index in [2.05, 4.69) is 46.4 Å². The third-order valence-electron chi connectivity index (χ3n) is 6.36. The van der Waals surface area contributed by atoms with Gasteiger partial charge in [0.15, 0.2) is 5.82 Å². The molecular weight excluding hydrogens is 466 g/mol. The molecule has 2 N–H and O–H groups in total. The number of hydrogen-bond acceptors (Lipinski definition) is 5. The Kier molecular flexibility index (Phi) is 8.02. The van der Waals surface area contributed by atoms with E-state index in [1.165, 1.54) is 10.2 Å². The molecule has 0 radical (unpaired) electrons. The van der Waals surface area contributed by atoms with Crippen molar-refractivity contribution in [2.45, 2.75) is 32.6 Å². The van der Waals surface area contributed by atoms with Crippen molar-refractivity contribution < 1.29 is 9.59 Å². The normalized spacial score (nSPS) is 16.8. The Morgan fingerprint density at radius 3 is 2.65 bits per heavy atom. The molecule has 0 aliphatic carbocycles. The van der Waals surface area contributed by atoms with Crippen LogP contribution in [0.15, 0.2) is 65.0 Å². The van der Waals surface area contributed by atoms with Crippen molar-refractivity contribution in [2.75, 3.05) is 25.0 Å². The van der Waals surface area contributed by atoms with Crippen molar-refractivity contribution in [2.24, 2.45) is 18.0 Å². The molecule has 0 atom stereocenters. The number of aromatic nitrogens is 2. The SMILES string of the molecule is CC(C)CN=C1C=C=CC(C(=O)Nc2cc(C(=O)N3CCC(c4ccc(C#N)cc4)CC3)n(C)n2)=CN1. The monoisotopic (exact) mass is 497 g/mol. The second-order valence-electron chi connectivity index (χ2n) is 9.61. The van der Waals surface area contributed by atoms with Gasteiger partial charge in [-0.05, 0) is 48.4 Å². The van der Waals surface area contributed by atoms with E-state index in [9.17, 15) is 9.59 Å². The van der Waals surface area contributed by atoms with Crippen molar-refractivity contribution >= 4 is 23.5 Å². The van der Waals surface area contributed by atoms with Crippen LogP contribution >= 0.6 is 0 Å². The minimum Gasteiger partial charge on any atom is -0.346 e. The largest absolute Gasteiger partial charge is 0.346 e. The average Bonchev–Trinajstić information content (AvgIpc) is 3.11. The summed E-state index contributed by atoms with van der Waals surface area (Å²) >= 11 is 0. The molecule has 4 rings (SSSR count).